The lowest BCUT2D eigenvalue weighted by Crippen LogP contribution is -2.39. The van der Waals surface area contributed by atoms with Crippen LogP contribution in [0.5, 0.6) is 0 Å². The molecule has 4 heteroatoms. The highest BCUT2D eigenvalue weighted by atomic mass is 32.1. The van der Waals surface area contributed by atoms with Crippen LogP contribution in [0.4, 0.5) is 0 Å². The molecule has 0 saturated heterocycles. The van der Waals surface area contributed by atoms with Crippen molar-refractivity contribution in [3.63, 3.8) is 0 Å². The second kappa shape index (κ2) is 6.64. The Morgan fingerprint density at radius 2 is 2.11 bits per heavy atom. The average Bonchev–Trinajstić information content (AvgIpc) is 2.74. The summed E-state index contributed by atoms with van der Waals surface area (Å²) in [7, 11) is 2.18. The molecule has 1 N–H and O–H groups in total. The monoisotopic (exact) mass is 269 g/mol. The molecule has 0 aliphatic carbocycles. The van der Waals surface area contributed by atoms with Crippen molar-refractivity contribution in [2.24, 2.45) is 0 Å². The number of hydrogen-bond acceptors (Lipinski definition) is 4. The number of nitrogens with zero attached hydrogens (tertiary/aromatic N) is 2. The summed E-state index contributed by atoms with van der Waals surface area (Å²) in [5.74, 6) is 0. The van der Waals surface area contributed by atoms with E-state index in [2.05, 4.69) is 62.2 Å². The SMILES string of the molecule is CCC(C)(C)N(C)Cc1csc(CNC(C)C)n1. The first-order chi connectivity index (χ1) is 8.35. The van der Waals surface area contributed by atoms with Gasteiger partial charge < -0.3 is 5.32 Å². The summed E-state index contributed by atoms with van der Waals surface area (Å²) in [5.41, 5.74) is 1.42. The molecule has 0 spiro atoms. The van der Waals surface area contributed by atoms with Gasteiger partial charge in [0.05, 0.1) is 5.69 Å². The Morgan fingerprint density at radius 3 is 2.67 bits per heavy atom. The maximum absolute atomic E-state index is 4.68. The molecule has 1 rings (SSSR count). The van der Waals surface area contributed by atoms with Crippen LogP contribution < -0.4 is 5.32 Å². The zero-order valence-electron chi connectivity index (χ0n) is 12.6. The first kappa shape index (κ1) is 15.6. The van der Waals surface area contributed by atoms with Crippen LogP contribution in [0.2, 0.25) is 0 Å². The number of hydrogen-bond donors (Lipinski definition) is 1. The molecule has 1 aromatic rings. The maximum Gasteiger partial charge on any atom is 0.107 e. The molecule has 18 heavy (non-hydrogen) atoms. The fraction of sp³-hybridized carbons (Fsp3) is 0.786. The molecule has 0 unspecified atom stereocenters. The van der Waals surface area contributed by atoms with Gasteiger partial charge in [0, 0.05) is 30.1 Å². The van der Waals surface area contributed by atoms with Crippen LogP contribution in [0, 0.1) is 0 Å². The third-order valence-electron chi connectivity index (χ3n) is 3.56. The molecule has 3 nitrogen and oxygen atoms in total. The number of rotatable bonds is 7. The first-order valence-corrected chi connectivity index (χ1v) is 7.61. The Kier molecular flexibility index (Phi) is 5.76. The summed E-state index contributed by atoms with van der Waals surface area (Å²) in [4.78, 5) is 7.06. The maximum atomic E-state index is 4.68. The van der Waals surface area contributed by atoms with Gasteiger partial charge in [0.1, 0.15) is 5.01 Å². The molecule has 0 aliphatic rings. The lowest BCUT2D eigenvalue weighted by molar-refractivity contribution is 0.141. The Hall–Kier alpha value is -0.450. The topological polar surface area (TPSA) is 28.2 Å². The van der Waals surface area contributed by atoms with Gasteiger partial charge in [-0.3, -0.25) is 4.90 Å². The van der Waals surface area contributed by atoms with E-state index in [4.69, 9.17) is 0 Å². The van der Waals surface area contributed by atoms with Crippen molar-refractivity contribution in [2.45, 2.75) is 65.7 Å². The Morgan fingerprint density at radius 1 is 1.44 bits per heavy atom. The Labute approximate surface area is 116 Å². The second-order valence-corrected chi connectivity index (χ2v) is 6.73. The molecular formula is C14H27N3S. The predicted molar refractivity (Wildman–Crippen MR) is 79.9 cm³/mol. The minimum absolute atomic E-state index is 0.236. The second-order valence-electron chi connectivity index (χ2n) is 5.79. The standard InChI is InChI=1S/C14H27N3S/c1-7-14(4,5)17(6)9-12-10-18-13(16-12)8-15-11(2)3/h10-11,15H,7-9H2,1-6H3. The van der Waals surface area contributed by atoms with Crippen LogP contribution in [-0.4, -0.2) is 28.5 Å². The van der Waals surface area contributed by atoms with Gasteiger partial charge in [-0.05, 0) is 27.3 Å². The van der Waals surface area contributed by atoms with Crippen LogP contribution in [-0.2, 0) is 13.1 Å². The molecule has 0 amide bonds. The summed E-state index contributed by atoms with van der Waals surface area (Å²) >= 11 is 1.75. The van der Waals surface area contributed by atoms with Crippen molar-refractivity contribution in [2.75, 3.05) is 7.05 Å². The van der Waals surface area contributed by atoms with Crippen LogP contribution in [0.15, 0.2) is 5.38 Å². The van der Waals surface area contributed by atoms with Crippen molar-refractivity contribution < 1.29 is 0 Å². The highest BCUT2D eigenvalue weighted by Crippen LogP contribution is 2.20. The van der Waals surface area contributed by atoms with Crippen LogP contribution in [0.1, 0.15) is 51.7 Å². The van der Waals surface area contributed by atoms with E-state index in [0.717, 1.165) is 19.5 Å². The van der Waals surface area contributed by atoms with E-state index in [1.54, 1.807) is 11.3 Å². The van der Waals surface area contributed by atoms with E-state index in [0.29, 0.717) is 6.04 Å². The summed E-state index contributed by atoms with van der Waals surface area (Å²) in [6.45, 7) is 12.9. The minimum Gasteiger partial charge on any atom is -0.308 e. The molecule has 0 fully saturated rings. The molecule has 0 radical (unpaired) electrons. The number of aromatic nitrogens is 1. The largest absolute Gasteiger partial charge is 0.308 e. The first-order valence-electron chi connectivity index (χ1n) is 6.73. The van der Waals surface area contributed by atoms with E-state index in [9.17, 15) is 0 Å². The van der Waals surface area contributed by atoms with Crippen LogP contribution >= 0.6 is 11.3 Å². The van der Waals surface area contributed by atoms with E-state index < -0.39 is 0 Å². The Bertz CT molecular complexity index is 358. The number of nitrogens with one attached hydrogen (secondary N) is 1. The van der Waals surface area contributed by atoms with Gasteiger partial charge in [-0.1, -0.05) is 20.8 Å². The fourth-order valence-electron chi connectivity index (χ4n) is 1.52. The van der Waals surface area contributed by atoms with Crippen molar-refractivity contribution in [3.05, 3.63) is 16.1 Å². The third kappa shape index (κ3) is 4.67. The highest BCUT2D eigenvalue weighted by molar-refractivity contribution is 7.09. The van der Waals surface area contributed by atoms with E-state index in [1.165, 1.54) is 10.7 Å². The minimum atomic E-state index is 0.236. The van der Waals surface area contributed by atoms with Gasteiger partial charge in [-0.2, -0.15) is 0 Å². The number of thiazole rings is 1. The molecule has 0 aliphatic heterocycles. The van der Waals surface area contributed by atoms with E-state index in [1.807, 2.05) is 0 Å². The normalized spacial score (nSPS) is 12.7. The zero-order chi connectivity index (χ0) is 13.8. The molecule has 104 valence electrons. The van der Waals surface area contributed by atoms with Crippen LogP contribution in [0.3, 0.4) is 0 Å². The molecule has 0 saturated carbocycles. The summed E-state index contributed by atoms with van der Waals surface area (Å²) < 4.78 is 0. The lowest BCUT2D eigenvalue weighted by atomic mass is 10.00. The smallest absolute Gasteiger partial charge is 0.107 e. The predicted octanol–water partition coefficient (Wildman–Crippen LogP) is 3.26. The summed E-state index contributed by atoms with van der Waals surface area (Å²) in [6, 6.07) is 0.513. The molecule has 0 bridgehead atoms. The van der Waals surface area contributed by atoms with Gasteiger partial charge in [0.25, 0.3) is 0 Å². The summed E-state index contributed by atoms with van der Waals surface area (Å²) in [6.07, 6.45) is 1.15. The van der Waals surface area contributed by atoms with E-state index in [-0.39, 0.29) is 5.54 Å². The molecule has 1 aromatic heterocycles. The lowest BCUT2D eigenvalue weighted by Gasteiger charge is -2.34. The van der Waals surface area contributed by atoms with Crippen molar-refractivity contribution in [1.82, 2.24) is 15.2 Å². The van der Waals surface area contributed by atoms with Gasteiger partial charge >= 0.3 is 0 Å². The Balaban J connectivity index is 2.53. The highest BCUT2D eigenvalue weighted by Gasteiger charge is 2.21. The van der Waals surface area contributed by atoms with Crippen molar-refractivity contribution in [3.8, 4) is 0 Å². The molecule has 1 heterocycles. The van der Waals surface area contributed by atoms with Gasteiger partial charge in [-0.25, -0.2) is 4.98 Å². The van der Waals surface area contributed by atoms with Crippen molar-refractivity contribution >= 4 is 11.3 Å². The molecule has 0 atom stereocenters. The van der Waals surface area contributed by atoms with Crippen molar-refractivity contribution in [1.29, 1.82) is 0 Å². The third-order valence-corrected chi connectivity index (χ3v) is 4.46. The average molecular weight is 269 g/mol. The quantitative estimate of drug-likeness (QED) is 0.823. The molecule has 0 aromatic carbocycles. The molecular weight excluding hydrogens is 242 g/mol. The zero-order valence-corrected chi connectivity index (χ0v) is 13.4. The van der Waals surface area contributed by atoms with E-state index >= 15 is 0 Å². The van der Waals surface area contributed by atoms with Crippen LogP contribution in [0.25, 0.3) is 0 Å². The van der Waals surface area contributed by atoms with Gasteiger partial charge in [0.15, 0.2) is 0 Å². The fourth-order valence-corrected chi connectivity index (χ4v) is 2.26. The van der Waals surface area contributed by atoms with Gasteiger partial charge in [0.2, 0.25) is 0 Å². The summed E-state index contributed by atoms with van der Waals surface area (Å²) in [5, 5.41) is 6.77. The van der Waals surface area contributed by atoms with Gasteiger partial charge in [-0.15, -0.1) is 11.3 Å².